The van der Waals surface area contributed by atoms with E-state index in [0.717, 1.165) is 12.5 Å². The molecule has 11 rings (SSSR count). The van der Waals surface area contributed by atoms with E-state index in [-0.39, 0.29) is 53.5 Å². The topological polar surface area (TPSA) is 353 Å². The molecule has 109 heavy (non-hydrogen) atoms. The van der Waals surface area contributed by atoms with Crippen LogP contribution in [0.25, 0.3) is 6.08 Å². The molecule has 4 aromatic rings. The van der Waals surface area contributed by atoms with Crippen LogP contribution in [0.4, 0.5) is 0 Å². The minimum absolute atomic E-state index is 0.000876. The quantitative estimate of drug-likeness (QED) is 0.0277. The molecule has 4 N–H and O–H groups in total. The van der Waals surface area contributed by atoms with E-state index < -0.39 is 215 Å². The molecule has 0 radical (unpaired) electrons. The Bertz CT molecular complexity index is 4340. The minimum atomic E-state index is -2.63. The van der Waals surface area contributed by atoms with Gasteiger partial charge in [0.1, 0.15) is 42.2 Å². The summed E-state index contributed by atoms with van der Waals surface area (Å²) in [6, 6.07) is 31.3. The van der Waals surface area contributed by atoms with E-state index in [2.05, 4.69) is 11.9 Å². The van der Waals surface area contributed by atoms with Crippen molar-refractivity contribution in [2.24, 2.45) is 39.4 Å². The van der Waals surface area contributed by atoms with Crippen molar-refractivity contribution in [3.8, 4) is 0 Å². The van der Waals surface area contributed by atoms with Crippen molar-refractivity contribution >= 4 is 71.5 Å². The molecule has 0 aromatic heterocycles. The first-order valence-corrected chi connectivity index (χ1v) is 36.7. The predicted octanol–water partition coefficient (Wildman–Crippen LogP) is 9.18. The lowest BCUT2D eigenvalue weighted by molar-refractivity contribution is -0.346. The van der Waals surface area contributed by atoms with Crippen molar-refractivity contribution in [2.75, 3.05) is 6.61 Å². The third kappa shape index (κ3) is 15.1. The average Bonchev–Trinajstić information content (AvgIpc) is 0.669. The van der Waals surface area contributed by atoms with Crippen molar-refractivity contribution < 1.29 is 115 Å². The highest BCUT2D eigenvalue weighted by atomic mass is 16.6. The monoisotopic (exact) mass is 1500 g/mol. The summed E-state index contributed by atoms with van der Waals surface area (Å²) in [6.07, 6.45) is -16.9. The molecule has 4 aromatic carbocycles. The van der Waals surface area contributed by atoms with E-state index in [1.807, 2.05) is 19.9 Å². The lowest BCUT2D eigenvalue weighted by Crippen LogP contribution is -2.82. The Labute approximate surface area is 632 Å². The van der Waals surface area contributed by atoms with Crippen molar-refractivity contribution in [1.82, 2.24) is 5.32 Å². The third-order valence-corrected chi connectivity index (χ3v) is 24.2. The number of esters is 9. The molecule has 4 saturated carbocycles. The number of ether oxygens (including phenoxy) is 10. The number of nitrogens with one attached hydrogen (secondary N) is 1. The number of ketones is 1. The fraction of sp³-hybridized carbons (Fsp3) is 0.488. The molecule has 1 aliphatic heterocycles. The fourth-order valence-electron chi connectivity index (χ4n) is 18.4. The lowest BCUT2D eigenvalue weighted by atomic mass is 9.44. The van der Waals surface area contributed by atoms with Gasteiger partial charge in [-0.2, -0.15) is 0 Å². The number of hydrogen-bond donors (Lipinski definition) is 4. The van der Waals surface area contributed by atoms with Crippen LogP contribution in [0.3, 0.4) is 0 Å². The van der Waals surface area contributed by atoms with E-state index in [0.29, 0.717) is 16.7 Å². The van der Waals surface area contributed by atoms with E-state index in [9.17, 15) is 58.5 Å². The van der Waals surface area contributed by atoms with Crippen molar-refractivity contribution in [3.63, 3.8) is 0 Å². The summed E-state index contributed by atoms with van der Waals surface area (Å²) >= 11 is 0. The van der Waals surface area contributed by atoms with Gasteiger partial charge in [0.15, 0.2) is 35.8 Å². The molecule has 25 nitrogen and oxygen atoms in total. The number of aliphatic hydroxyl groups excluding tert-OH is 2. The smallest absolute Gasteiger partial charge is 0.338 e. The van der Waals surface area contributed by atoms with Crippen molar-refractivity contribution in [1.29, 1.82) is 0 Å². The molecule has 5 fully saturated rings. The van der Waals surface area contributed by atoms with Gasteiger partial charge in [-0.1, -0.05) is 138 Å². The van der Waals surface area contributed by atoms with E-state index in [4.69, 9.17) is 47.4 Å². The Morgan fingerprint density at radius 3 is 1.77 bits per heavy atom. The standard InChI is InChI=1S/C84H95NO24/c1-44-56-38-55-39-57(45(2)66(79(55,8)9)71(102-48(5)87)74(103-49(6)88)81(56,12)61(101-47(4)86)40-58(44)105-63(91)35-34-51-26-18-14-19-27-51)104-64(92)36-37-65(93)107-70-67-46(3)59(106-78(98)69(94)68(52-28-20-15-21-29-52)85-76(96)53-30-22-16-23-31-53)42-84(99,80(67,10)11)75(108-77(97)54-32-24-17-25-33-54)72-82(13,73(70)95)60(90)41-62-83(72,43-100-62)109-50(7)89/h14-35,55-62,68-72,74-75,90,94,99H,1,36-43H2,2-13H3,(H,85,96)/b35-34+/t55-,56-,57+,58+,59+,60+,61+,62-,68+,69-,70-,71-,72?,74+,75+,81+,82-,83+,84-/m1/s1. The van der Waals surface area contributed by atoms with Gasteiger partial charge >= 0.3 is 53.7 Å². The molecule has 1 saturated heterocycles. The number of Topliss-reactive ketones (excluding diaryl/α,β-unsaturated/α-hetero) is 1. The minimum Gasteiger partial charge on any atom is -0.462 e. The van der Waals surface area contributed by atoms with Crippen LogP contribution in [0.2, 0.25) is 0 Å². The number of benzene rings is 4. The van der Waals surface area contributed by atoms with Crippen LogP contribution in [0.15, 0.2) is 162 Å². The lowest BCUT2D eigenvalue weighted by Gasteiger charge is -2.67. The highest BCUT2D eigenvalue weighted by Gasteiger charge is 2.79. The van der Waals surface area contributed by atoms with Crippen LogP contribution in [0, 0.1) is 39.4 Å². The molecular formula is C84H95NO24. The summed E-state index contributed by atoms with van der Waals surface area (Å²) in [5.74, 6) is -13.3. The summed E-state index contributed by atoms with van der Waals surface area (Å²) in [4.78, 5) is 158. The molecule has 580 valence electrons. The van der Waals surface area contributed by atoms with Gasteiger partial charge in [-0.15, -0.1) is 0 Å². The maximum atomic E-state index is 16.6. The zero-order chi connectivity index (χ0) is 79.2. The predicted molar refractivity (Wildman–Crippen MR) is 388 cm³/mol. The SMILES string of the molecule is C=C1[C@@H](OC(=O)/C=C/c2ccccc2)C[C@H](OC(C)=O)[C@]2(C)[C@@H]1C[C@@H]1C[C@H](OC(=O)CCC(=O)O[C@H]3C(=O)[C@@]4(C)C([C@H](OC(=O)c5ccccc5)[C@]5(O)C[C@H](OC(=O)[C@H](O)[C@@H](NC(=O)c6ccccc6)c6ccccc6)C(C)=C3C5(C)C)[C@]3(OC(C)=O)CO[C@@H]3C[C@@H]4O)C(C)=C([C@@H](OC(C)=O)[C@@H]2OC(C)=O)C1(C)C. The first-order chi connectivity index (χ1) is 51.4. The summed E-state index contributed by atoms with van der Waals surface area (Å²) in [5.41, 5.74) is -9.10. The average molecular weight is 1500 g/mol. The Kier molecular flexibility index (Phi) is 22.9. The summed E-state index contributed by atoms with van der Waals surface area (Å²) in [7, 11) is 0. The molecule has 19 atom stereocenters. The van der Waals surface area contributed by atoms with Crippen LogP contribution < -0.4 is 5.32 Å². The number of carbonyl (C=O) groups is 11. The first-order valence-electron chi connectivity index (χ1n) is 36.7. The maximum Gasteiger partial charge on any atom is 0.338 e. The van der Waals surface area contributed by atoms with Crippen molar-refractivity contribution in [2.45, 2.75) is 212 Å². The van der Waals surface area contributed by atoms with Gasteiger partial charge in [-0.25, -0.2) is 14.4 Å². The number of hydrogen-bond acceptors (Lipinski definition) is 24. The normalized spacial score (nSPS) is 31.9. The maximum absolute atomic E-state index is 16.6. The van der Waals surface area contributed by atoms with Crippen LogP contribution in [0.5, 0.6) is 0 Å². The summed E-state index contributed by atoms with van der Waals surface area (Å²) in [5, 5.41) is 42.0. The number of fused-ring (bicyclic) bond motifs is 8. The van der Waals surface area contributed by atoms with E-state index in [1.165, 1.54) is 78.8 Å². The Balaban J connectivity index is 0.951. The largest absolute Gasteiger partial charge is 0.462 e. The summed E-state index contributed by atoms with van der Waals surface area (Å²) in [6.45, 7) is 21.7. The molecule has 1 unspecified atom stereocenters. The molecular weight excluding hydrogens is 1410 g/mol. The second kappa shape index (κ2) is 31.2. The molecule has 1 amide bonds. The zero-order valence-electron chi connectivity index (χ0n) is 63.1. The van der Waals surface area contributed by atoms with Crippen molar-refractivity contribution in [3.05, 3.63) is 184 Å². The highest BCUT2D eigenvalue weighted by Crippen LogP contribution is 2.66. The third-order valence-electron chi connectivity index (χ3n) is 24.2. The molecule has 25 heteroatoms. The second-order valence-corrected chi connectivity index (χ2v) is 31.3. The van der Waals surface area contributed by atoms with E-state index in [1.54, 1.807) is 111 Å². The number of carbonyl (C=O) groups excluding carboxylic acids is 11. The van der Waals surface area contributed by atoms with Gasteiger partial charge in [0.25, 0.3) is 5.91 Å². The van der Waals surface area contributed by atoms with Crippen LogP contribution in [0.1, 0.15) is 166 Å². The van der Waals surface area contributed by atoms with Crippen LogP contribution in [-0.2, 0) is 90.5 Å². The number of rotatable bonds is 20. The van der Waals surface area contributed by atoms with Gasteiger partial charge in [-0.05, 0) is 120 Å². The Hall–Kier alpha value is -9.95. The Morgan fingerprint density at radius 1 is 0.624 bits per heavy atom. The van der Waals surface area contributed by atoms with Crippen LogP contribution >= 0.6 is 0 Å². The second-order valence-electron chi connectivity index (χ2n) is 31.3. The first kappa shape index (κ1) is 80.1. The highest BCUT2D eigenvalue weighted by molar-refractivity contribution is 5.97. The Morgan fingerprint density at radius 2 is 1.19 bits per heavy atom. The number of amides is 1. The number of aliphatic hydroxyl groups is 3. The van der Waals surface area contributed by atoms with Gasteiger partial charge in [0.2, 0.25) is 0 Å². The molecule has 7 aliphatic rings. The van der Waals surface area contributed by atoms with E-state index >= 15 is 9.59 Å². The van der Waals surface area contributed by atoms with Gasteiger partial charge < -0.3 is 68.0 Å². The zero-order valence-corrected chi connectivity index (χ0v) is 63.1. The summed E-state index contributed by atoms with van der Waals surface area (Å²) < 4.78 is 62.8. The van der Waals surface area contributed by atoms with Gasteiger partial charge in [0, 0.05) is 64.0 Å². The van der Waals surface area contributed by atoms with Crippen LogP contribution in [-0.4, -0.2) is 166 Å². The molecule has 4 bridgehead atoms. The molecule has 0 spiro atoms. The molecule has 6 aliphatic carbocycles. The van der Waals surface area contributed by atoms with Gasteiger partial charge in [-0.3, -0.25) is 38.4 Å². The fourth-order valence-corrected chi connectivity index (χ4v) is 18.4. The molecule has 1 heterocycles. The van der Waals surface area contributed by atoms with Gasteiger partial charge in [0.05, 0.1) is 53.9 Å².